The predicted octanol–water partition coefficient (Wildman–Crippen LogP) is 0.418. The summed E-state index contributed by atoms with van der Waals surface area (Å²) >= 11 is 0. The Hall–Kier alpha value is -1.75. The zero-order valence-electron chi connectivity index (χ0n) is 8.69. The van der Waals surface area contributed by atoms with E-state index < -0.39 is 0 Å². The van der Waals surface area contributed by atoms with Crippen LogP contribution in [0.5, 0.6) is 0 Å². The molecule has 5 nitrogen and oxygen atoms in total. The molecule has 0 amide bonds. The number of imidazole rings is 1. The van der Waals surface area contributed by atoms with Crippen molar-refractivity contribution in [3.05, 3.63) is 23.7 Å². The normalized spacial score (nSPS) is 10.9. The minimum Gasteiger partial charge on any atom is -0.324 e. The van der Waals surface area contributed by atoms with E-state index in [1.165, 1.54) is 0 Å². The molecule has 0 unspecified atom stereocenters. The number of hydrogen-bond acceptors (Lipinski definition) is 4. The Balaban J connectivity index is 2.62. The van der Waals surface area contributed by atoms with Crippen molar-refractivity contribution < 1.29 is 4.79 Å². The Labute approximate surface area is 86.9 Å². The van der Waals surface area contributed by atoms with Crippen LogP contribution >= 0.6 is 0 Å². The van der Waals surface area contributed by atoms with Gasteiger partial charge in [-0.3, -0.25) is 4.79 Å². The van der Waals surface area contributed by atoms with Gasteiger partial charge in [0, 0.05) is 18.8 Å². The van der Waals surface area contributed by atoms with E-state index in [1.807, 2.05) is 18.5 Å². The third kappa shape index (κ3) is 1.50. The van der Waals surface area contributed by atoms with Gasteiger partial charge < -0.3 is 10.3 Å². The van der Waals surface area contributed by atoms with Crippen LogP contribution in [0.15, 0.2) is 12.3 Å². The summed E-state index contributed by atoms with van der Waals surface area (Å²) in [5, 5.41) is 0. The largest absolute Gasteiger partial charge is 0.324 e. The number of carbonyl (C=O) groups excluding carboxylic acids is 1. The molecule has 2 N–H and O–H groups in total. The van der Waals surface area contributed by atoms with Gasteiger partial charge in [0.15, 0.2) is 11.4 Å². The van der Waals surface area contributed by atoms with Crippen molar-refractivity contribution in [2.45, 2.75) is 6.92 Å². The molecule has 0 aliphatic rings. The minimum atomic E-state index is -0.118. The number of pyridine rings is 1. The lowest BCUT2D eigenvalue weighted by Gasteiger charge is -1.98. The first-order valence-corrected chi connectivity index (χ1v) is 4.66. The van der Waals surface area contributed by atoms with Gasteiger partial charge in [-0.25, -0.2) is 9.97 Å². The second-order valence-corrected chi connectivity index (χ2v) is 3.41. The number of aromatic nitrogens is 3. The molecule has 0 bridgehead atoms. The van der Waals surface area contributed by atoms with Crippen molar-refractivity contribution in [3.8, 4) is 0 Å². The van der Waals surface area contributed by atoms with Gasteiger partial charge in [0.05, 0.1) is 6.54 Å². The lowest BCUT2D eigenvalue weighted by atomic mass is 10.2. The van der Waals surface area contributed by atoms with Crippen LogP contribution < -0.4 is 5.73 Å². The van der Waals surface area contributed by atoms with E-state index in [0.717, 1.165) is 17.0 Å². The highest BCUT2D eigenvalue weighted by molar-refractivity contribution is 5.99. The molecule has 0 aliphatic carbocycles. The van der Waals surface area contributed by atoms with E-state index in [2.05, 4.69) is 9.97 Å². The van der Waals surface area contributed by atoms with Gasteiger partial charge in [0.1, 0.15) is 11.3 Å². The van der Waals surface area contributed by atoms with E-state index in [4.69, 9.17) is 5.73 Å². The highest BCUT2D eigenvalue weighted by atomic mass is 16.1. The summed E-state index contributed by atoms with van der Waals surface area (Å²) in [7, 11) is 1.89. The van der Waals surface area contributed by atoms with E-state index in [0.29, 0.717) is 5.56 Å². The summed E-state index contributed by atoms with van der Waals surface area (Å²) in [6, 6.07) is 1.73. The first kappa shape index (κ1) is 9.79. The molecular formula is C10H12N4O. The molecule has 0 aromatic carbocycles. The molecule has 0 radical (unpaired) electrons. The number of ketones is 1. The Morgan fingerprint density at radius 2 is 2.33 bits per heavy atom. The fourth-order valence-electron chi connectivity index (χ4n) is 1.46. The second kappa shape index (κ2) is 3.43. The number of aryl methyl sites for hydroxylation is 2. The van der Waals surface area contributed by atoms with E-state index in [9.17, 15) is 4.79 Å². The van der Waals surface area contributed by atoms with Crippen molar-refractivity contribution in [2.75, 3.05) is 6.54 Å². The van der Waals surface area contributed by atoms with E-state index in [1.54, 1.807) is 12.3 Å². The molecule has 0 saturated carbocycles. The third-order valence-corrected chi connectivity index (χ3v) is 2.44. The molecule has 0 atom stereocenters. The molecule has 0 aliphatic heterocycles. The number of rotatable bonds is 2. The predicted molar refractivity (Wildman–Crippen MR) is 56.6 cm³/mol. The standard InChI is InChI=1S/C10H12N4O/c1-6-13-8-3-7(9(15)4-11)5-12-10(8)14(6)2/h3,5H,4,11H2,1-2H3. The van der Waals surface area contributed by atoms with Crippen molar-refractivity contribution in [1.82, 2.24) is 14.5 Å². The van der Waals surface area contributed by atoms with Crippen molar-refractivity contribution in [1.29, 1.82) is 0 Å². The number of hydrogen-bond donors (Lipinski definition) is 1. The Bertz CT molecular complexity index is 529. The lowest BCUT2D eigenvalue weighted by molar-refractivity contribution is 0.100. The van der Waals surface area contributed by atoms with Crippen LogP contribution in [0.4, 0.5) is 0 Å². The third-order valence-electron chi connectivity index (χ3n) is 2.44. The zero-order valence-corrected chi connectivity index (χ0v) is 8.69. The van der Waals surface area contributed by atoms with Crippen LogP contribution in [0.2, 0.25) is 0 Å². The Morgan fingerprint density at radius 3 is 3.00 bits per heavy atom. The molecular weight excluding hydrogens is 192 g/mol. The molecule has 78 valence electrons. The van der Waals surface area contributed by atoms with Gasteiger partial charge in [0.25, 0.3) is 0 Å². The fourth-order valence-corrected chi connectivity index (χ4v) is 1.46. The molecule has 2 heterocycles. The summed E-state index contributed by atoms with van der Waals surface area (Å²) in [5.41, 5.74) is 7.31. The average Bonchev–Trinajstić information content (AvgIpc) is 2.53. The van der Waals surface area contributed by atoms with Gasteiger partial charge >= 0.3 is 0 Å². The first-order chi connectivity index (χ1) is 7.13. The van der Waals surface area contributed by atoms with Crippen LogP contribution in [0.1, 0.15) is 16.2 Å². The summed E-state index contributed by atoms with van der Waals surface area (Å²) in [4.78, 5) is 19.8. The Morgan fingerprint density at radius 1 is 1.60 bits per heavy atom. The highest BCUT2D eigenvalue weighted by Gasteiger charge is 2.09. The maximum Gasteiger partial charge on any atom is 0.178 e. The van der Waals surface area contributed by atoms with Crippen LogP contribution in [0.3, 0.4) is 0 Å². The molecule has 2 aromatic heterocycles. The topological polar surface area (TPSA) is 73.8 Å². The minimum absolute atomic E-state index is 0.000990. The lowest BCUT2D eigenvalue weighted by Crippen LogP contribution is -2.13. The van der Waals surface area contributed by atoms with Crippen molar-refractivity contribution in [2.24, 2.45) is 12.8 Å². The summed E-state index contributed by atoms with van der Waals surface area (Å²) in [6.45, 7) is 1.89. The number of carbonyl (C=O) groups is 1. The monoisotopic (exact) mass is 204 g/mol. The number of fused-ring (bicyclic) bond motifs is 1. The van der Waals surface area contributed by atoms with Gasteiger partial charge in [-0.2, -0.15) is 0 Å². The van der Waals surface area contributed by atoms with Crippen LogP contribution in [0.25, 0.3) is 11.2 Å². The van der Waals surface area contributed by atoms with Crippen LogP contribution in [-0.2, 0) is 7.05 Å². The maximum atomic E-state index is 11.3. The molecule has 15 heavy (non-hydrogen) atoms. The van der Waals surface area contributed by atoms with Gasteiger partial charge in [-0.1, -0.05) is 0 Å². The quantitative estimate of drug-likeness (QED) is 0.719. The molecule has 5 heteroatoms. The molecule has 0 fully saturated rings. The van der Waals surface area contributed by atoms with Gasteiger partial charge in [-0.15, -0.1) is 0 Å². The van der Waals surface area contributed by atoms with Crippen LogP contribution in [-0.4, -0.2) is 26.9 Å². The SMILES string of the molecule is Cc1nc2cc(C(=O)CN)cnc2n1C. The molecule has 0 spiro atoms. The first-order valence-electron chi connectivity index (χ1n) is 4.66. The van der Waals surface area contributed by atoms with Gasteiger partial charge in [0.2, 0.25) is 0 Å². The summed E-state index contributed by atoms with van der Waals surface area (Å²) in [6.07, 6.45) is 1.54. The Kier molecular flexibility index (Phi) is 2.24. The van der Waals surface area contributed by atoms with E-state index in [-0.39, 0.29) is 12.3 Å². The number of Topliss-reactive ketones (excluding diaryl/α,β-unsaturated/α-hetero) is 1. The van der Waals surface area contributed by atoms with Crippen LogP contribution in [0, 0.1) is 6.92 Å². The second-order valence-electron chi connectivity index (χ2n) is 3.41. The maximum absolute atomic E-state index is 11.3. The summed E-state index contributed by atoms with van der Waals surface area (Å²) in [5.74, 6) is 0.752. The molecule has 2 rings (SSSR count). The summed E-state index contributed by atoms with van der Waals surface area (Å²) < 4.78 is 1.88. The smallest absolute Gasteiger partial charge is 0.178 e. The molecule has 2 aromatic rings. The average molecular weight is 204 g/mol. The molecule has 0 saturated heterocycles. The fraction of sp³-hybridized carbons (Fsp3) is 0.300. The highest BCUT2D eigenvalue weighted by Crippen LogP contribution is 2.13. The zero-order chi connectivity index (χ0) is 11.0. The van der Waals surface area contributed by atoms with Crippen molar-refractivity contribution >= 4 is 16.9 Å². The van der Waals surface area contributed by atoms with Gasteiger partial charge in [-0.05, 0) is 13.0 Å². The van der Waals surface area contributed by atoms with Crippen molar-refractivity contribution in [3.63, 3.8) is 0 Å². The van der Waals surface area contributed by atoms with E-state index >= 15 is 0 Å². The number of nitrogens with zero attached hydrogens (tertiary/aromatic N) is 3. The number of nitrogens with two attached hydrogens (primary N) is 1.